The molecule has 0 aliphatic carbocycles. The molecule has 0 fully saturated rings. The van der Waals surface area contributed by atoms with Gasteiger partial charge in [0.25, 0.3) is 5.91 Å². The Labute approximate surface area is 118 Å². The van der Waals surface area contributed by atoms with Crippen LogP contribution in [0.5, 0.6) is 5.88 Å². The highest BCUT2D eigenvalue weighted by molar-refractivity contribution is 6.05. The lowest BCUT2D eigenvalue weighted by atomic mass is 10.2. The molecule has 8 heteroatoms. The summed E-state index contributed by atoms with van der Waals surface area (Å²) < 4.78 is 44.1. The van der Waals surface area contributed by atoms with Crippen molar-refractivity contribution in [1.29, 1.82) is 0 Å². The summed E-state index contributed by atoms with van der Waals surface area (Å²) in [4.78, 5) is 12.0. The number of anilines is 1. The molecule has 5 nitrogen and oxygen atoms in total. The van der Waals surface area contributed by atoms with E-state index < -0.39 is 17.6 Å². The first-order valence-corrected chi connectivity index (χ1v) is 5.87. The van der Waals surface area contributed by atoms with Gasteiger partial charge in [0, 0.05) is 18.9 Å². The van der Waals surface area contributed by atoms with Crippen LogP contribution in [0.25, 0.3) is 0 Å². The van der Waals surface area contributed by atoms with E-state index in [-0.39, 0.29) is 17.1 Å². The second-order valence-electron chi connectivity index (χ2n) is 4.26. The number of aryl methyl sites for hydroxylation is 1. The van der Waals surface area contributed by atoms with Crippen molar-refractivity contribution in [2.75, 3.05) is 12.4 Å². The normalized spacial score (nSPS) is 11.3. The number of aromatic nitrogens is 2. The molecule has 1 amide bonds. The van der Waals surface area contributed by atoms with Crippen LogP contribution in [-0.2, 0) is 13.2 Å². The van der Waals surface area contributed by atoms with Gasteiger partial charge in [0.15, 0.2) is 0 Å². The predicted octanol–water partition coefficient (Wildman–Crippen LogP) is 2.70. The van der Waals surface area contributed by atoms with Crippen molar-refractivity contribution in [3.8, 4) is 5.88 Å². The van der Waals surface area contributed by atoms with E-state index >= 15 is 0 Å². The molecule has 0 saturated carbocycles. The lowest BCUT2D eigenvalue weighted by Crippen LogP contribution is -2.13. The lowest BCUT2D eigenvalue weighted by Gasteiger charge is -2.09. The number of ether oxygens (including phenoxy) is 1. The number of halogens is 3. The number of nitrogens with one attached hydrogen (secondary N) is 1. The number of nitrogens with zero attached hydrogens (tertiary/aromatic N) is 2. The Morgan fingerprint density at radius 1 is 1.38 bits per heavy atom. The molecule has 0 atom stereocenters. The number of rotatable bonds is 3. The number of carbonyl (C=O) groups is 1. The first-order valence-electron chi connectivity index (χ1n) is 5.87. The number of methoxy groups -OCH3 is 1. The third-order valence-corrected chi connectivity index (χ3v) is 2.68. The van der Waals surface area contributed by atoms with Crippen molar-refractivity contribution in [3.63, 3.8) is 0 Å². The zero-order chi connectivity index (χ0) is 15.6. The summed E-state index contributed by atoms with van der Waals surface area (Å²) in [5.41, 5.74) is -0.656. The number of amides is 1. The number of hydrogen-bond acceptors (Lipinski definition) is 3. The third-order valence-electron chi connectivity index (χ3n) is 2.68. The van der Waals surface area contributed by atoms with Crippen LogP contribution in [0.4, 0.5) is 18.9 Å². The summed E-state index contributed by atoms with van der Waals surface area (Å²) in [5, 5.41) is 6.29. The van der Waals surface area contributed by atoms with Crippen LogP contribution in [0, 0.1) is 0 Å². The molecule has 21 heavy (non-hydrogen) atoms. The Kier molecular flexibility index (Phi) is 3.88. The zero-order valence-corrected chi connectivity index (χ0v) is 11.2. The van der Waals surface area contributed by atoms with Crippen molar-refractivity contribution < 1.29 is 22.7 Å². The van der Waals surface area contributed by atoms with Gasteiger partial charge in [-0.25, -0.2) is 0 Å². The molecule has 2 aromatic rings. The maximum atomic E-state index is 12.6. The van der Waals surface area contributed by atoms with Crippen LogP contribution < -0.4 is 10.1 Å². The van der Waals surface area contributed by atoms with Crippen LogP contribution in [0.3, 0.4) is 0 Å². The van der Waals surface area contributed by atoms with Crippen LogP contribution in [-0.4, -0.2) is 22.8 Å². The Bertz CT molecular complexity index is 665. The van der Waals surface area contributed by atoms with Gasteiger partial charge >= 0.3 is 6.18 Å². The molecule has 2 rings (SSSR count). The molecule has 0 aliphatic rings. The van der Waals surface area contributed by atoms with E-state index in [4.69, 9.17) is 4.74 Å². The number of benzene rings is 1. The topological polar surface area (TPSA) is 56.2 Å². The molecule has 0 aliphatic heterocycles. The van der Waals surface area contributed by atoms with E-state index in [1.54, 1.807) is 7.05 Å². The summed E-state index contributed by atoms with van der Waals surface area (Å²) in [6.07, 6.45) is -3.05. The van der Waals surface area contributed by atoms with Crippen LogP contribution >= 0.6 is 0 Å². The largest absolute Gasteiger partial charge is 0.479 e. The predicted molar refractivity (Wildman–Crippen MR) is 69.2 cm³/mol. The Hall–Kier alpha value is -2.51. The fraction of sp³-hybridized carbons (Fsp3) is 0.231. The van der Waals surface area contributed by atoms with Gasteiger partial charge in [-0.2, -0.15) is 13.2 Å². The summed E-state index contributed by atoms with van der Waals surface area (Å²) >= 11 is 0. The number of carbonyl (C=O) groups excluding carboxylic acids is 1. The van der Waals surface area contributed by atoms with E-state index in [1.807, 2.05) is 0 Å². The van der Waals surface area contributed by atoms with Crippen molar-refractivity contribution in [3.05, 3.63) is 41.6 Å². The number of hydrogen-bond donors (Lipinski definition) is 1. The minimum Gasteiger partial charge on any atom is -0.479 e. The summed E-state index contributed by atoms with van der Waals surface area (Å²) in [7, 11) is 2.95. The minimum absolute atomic E-state index is 0.0423. The van der Waals surface area contributed by atoms with Gasteiger partial charge in [0.2, 0.25) is 5.88 Å². The second kappa shape index (κ2) is 5.47. The molecule has 0 radical (unpaired) electrons. The smallest absolute Gasteiger partial charge is 0.416 e. The van der Waals surface area contributed by atoms with Gasteiger partial charge in [-0.15, -0.1) is 5.10 Å². The minimum atomic E-state index is -4.47. The Morgan fingerprint density at radius 2 is 2.10 bits per heavy atom. The molecule has 112 valence electrons. The lowest BCUT2D eigenvalue weighted by molar-refractivity contribution is -0.137. The average molecular weight is 299 g/mol. The van der Waals surface area contributed by atoms with Gasteiger partial charge in [-0.3, -0.25) is 9.48 Å². The van der Waals surface area contributed by atoms with Crippen molar-refractivity contribution >= 4 is 11.6 Å². The second-order valence-corrected chi connectivity index (χ2v) is 4.26. The van der Waals surface area contributed by atoms with E-state index in [0.717, 1.165) is 12.1 Å². The van der Waals surface area contributed by atoms with Gasteiger partial charge in [0.05, 0.1) is 12.7 Å². The Balaban J connectivity index is 2.24. The van der Waals surface area contributed by atoms with Gasteiger partial charge < -0.3 is 10.1 Å². The molecular weight excluding hydrogens is 287 g/mol. The van der Waals surface area contributed by atoms with Gasteiger partial charge in [-0.1, -0.05) is 6.07 Å². The van der Waals surface area contributed by atoms with Crippen molar-refractivity contribution in [2.24, 2.45) is 7.05 Å². The molecule has 1 aromatic heterocycles. The van der Waals surface area contributed by atoms with E-state index in [2.05, 4.69) is 10.4 Å². The highest BCUT2D eigenvalue weighted by atomic mass is 19.4. The number of alkyl halides is 3. The molecule has 1 aromatic carbocycles. The molecule has 0 saturated heterocycles. The monoisotopic (exact) mass is 299 g/mol. The quantitative estimate of drug-likeness (QED) is 0.948. The van der Waals surface area contributed by atoms with Gasteiger partial charge in [-0.05, 0) is 18.2 Å². The summed E-state index contributed by atoms with van der Waals surface area (Å²) in [5.74, 6) is -0.499. The van der Waals surface area contributed by atoms with E-state index in [0.29, 0.717) is 0 Å². The molecule has 1 heterocycles. The Morgan fingerprint density at radius 3 is 2.71 bits per heavy atom. The highest BCUT2D eigenvalue weighted by Crippen LogP contribution is 2.30. The summed E-state index contributed by atoms with van der Waals surface area (Å²) in [6.45, 7) is 0. The standard InChI is InChI=1S/C13H12F3N3O2/c1-19-7-10(12(18-19)21-2)11(20)17-9-5-3-4-8(6-9)13(14,15)16/h3-7H,1-2H3,(H,17,20). The van der Waals surface area contributed by atoms with Gasteiger partial charge in [0.1, 0.15) is 5.56 Å². The van der Waals surface area contributed by atoms with E-state index in [9.17, 15) is 18.0 Å². The molecule has 0 spiro atoms. The molecule has 0 unspecified atom stereocenters. The fourth-order valence-electron chi connectivity index (χ4n) is 1.75. The molecule has 1 N–H and O–H groups in total. The fourth-order valence-corrected chi connectivity index (χ4v) is 1.75. The maximum absolute atomic E-state index is 12.6. The summed E-state index contributed by atoms with van der Waals surface area (Å²) in [6, 6.07) is 4.38. The van der Waals surface area contributed by atoms with Crippen LogP contribution in [0.2, 0.25) is 0 Å². The molecular formula is C13H12F3N3O2. The maximum Gasteiger partial charge on any atom is 0.416 e. The molecule has 0 bridgehead atoms. The van der Waals surface area contributed by atoms with Crippen LogP contribution in [0.15, 0.2) is 30.5 Å². The highest BCUT2D eigenvalue weighted by Gasteiger charge is 2.30. The average Bonchev–Trinajstić information content (AvgIpc) is 2.79. The van der Waals surface area contributed by atoms with Crippen LogP contribution in [0.1, 0.15) is 15.9 Å². The van der Waals surface area contributed by atoms with E-state index in [1.165, 1.54) is 30.1 Å². The first kappa shape index (κ1) is 14.9. The van der Waals surface area contributed by atoms with Crippen molar-refractivity contribution in [2.45, 2.75) is 6.18 Å². The third kappa shape index (κ3) is 3.33. The first-order chi connectivity index (χ1) is 9.81. The SMILES string of the molecule is COc1nn(C)cc1C(=O)Nc1cccc(C(F)(F)F)c1. The zero-order valence-electron chi connectivity index (χ0n) is 11.2. The van der Waals surface area contributed by atoms with Crippen molar-refractivity contribution in [1.82, 2.24) is 9.78 Å².